The number of fused-ring (bicyclic) bond motifs is 1. The first kappa shape index (κ1) is 25.5. The van der Waals surface area contributed by atoms with Crippen LogP contribution in [-0.4, -0.2) is 30.8 Å². The van der Waals surface area contributed by atoms with Crippen molar-refractivity contribution < 1.29 is 9.90 Å². The summed E-state index contributed by atoms with van der Waals surface area (Å²) in [6, 6.07) is 19.3. The third-order valence-corrected chi connectivity index (χ3v) is 6.66. The molecule has 0 unspecified atom stereocenters. The monoisotopic (exact) mass is 547 g/mol. The first-order valence-corrected chi connectivity index (χ1v) is 12.7. The van der Waals surface area contributed by atoms with Crippen LogP contribution in [0.5, 0.6) is 5.75 Å². The number of rotatable bonds is 7. The van der Waals surface area contributed by atoms with Crippen LogP contribution in [0.15, 0.2) is 71.5 Å². The van der Waals surface area contributed by atoms with Crippen molar-refractivity contribution in [3.63, 3.8) is 0 Å². The lowest BCUT2D eigenvalue weighted by Gasteiger charge is -2.13. The number of nitrogens with zero attached hydrogens (tertiary/aromatic N) is 3. The van der Waals surface area contributed by atoms with E-state index in [4.69, 9.17) is 23.2 Å². The fourth-order valence-corrected chi connectivity index (χ4v) is 4.93. The Morgan fingerprint density at radius 3 is 2.39 bits per heavy atom. The third-order valence-electron chi connectivity index (χ3n) is 6.09. The Balaban J connectivity index is 1.52. The van der Waals surface area contributed by atoms with E-state index in [1.165, 1.54) is 12.1 Å². The Kier molecular flexibility index (Phi) is 7.18. The smallest absolute Gasteiger partial charge is 0.284 e. The van der Waals surface area contributed by atoms with Crippen LogP contribution in [0, 0.1) is 0 Å². The Bertz CT molecular complexity index is 1640. The Morgan fingerprint density at radius 1 is 1.00 bits per heavy atom. The molecule has 0 saturated carbocycles. The van der Waals surface area contributed by atoms with Gasteiger partial charge in [0, 0.05) is 24.2 Å². The normalized spacial score (nSPS) is 11.1. The molecule has 0 saturated heterocycles. The van der Waals surface area contributed by atoms with Gasteiger partial charge in [-0.05, 0) is 41.8 Å². The highest BCUT2D eigenvalue weighted by molar-refractivity contribution is 6.38. The molecule has 2 heterocycles. The van der Waals surface area contributed by atoms with Gasteiger partial charge in [0.25, 0.3) is 11.5 Å². The molecule has 0 bridgehead atoms. The van der Waals surface area contributed by atoms with Crippen molar-refractivity contribution in [2.24, 2.45) is 0 Å². The molecule has 3 aromatic carbocycles. The van der Waals surface area contributed by atoms with Gasteiger partial charge >= 0.3 is 0 Å². The summed E-state index contributed by atoms with van der Waals surface area (Å²) in [7, 11) is 0. The quantitative estimate of drug-likeness (QED) is 0.260. The maximum Gasteiger partial charge on any atom is 0.284 e. The minimum Gasteiger partial charge on any atom is -0.508 e. The maximum absolute atomic E-state index is 13.0. The summed E-state index contributed by atoms with van der Waals surface area (Å²) in [6.45, 7) is 2.26. The number of carbonyl (C=O) groups is 1. The first-order chi connectivity index (χ1) is 18.3. The van der Waals surface area contributed by atoms with Gasteiger partial charge in [-0.2, -0.15) is 4.98 Å². The molecule has 3 aromatic rings. The van der Waals surface area contributed by atoms with Crippen LogP contribution in [0.1, 0.15) is 39.9 Å². The number of phenols is 1. The highest BCUT2D eigenvalue weighted by atomic mass is 35.5. The number of amides is 1. The van der Waals surface area contributed by atoms with Crippen LogP contribution in [0.4, 0.5) is 0 Å². The van der Waals surface area contributed by atoms with Crippen molar-refractivity contribution in [2.75, 3.05) is 0 Å². The molecule has 0 spiro atoms. The fourth-order valence-electron chi connectivity index (χ4n) is 4.28. The van der Waals surface area contributed by atoms with Gasteiger partial charge in [0.15, 0.2) is 5.82 Å². The molecule has 192 valence electrons. The van der Waals surface area contributed by atoms with Crippen molar-refractivity contribution in [3.8, 4) is 22.8 Å². The van der Waals surface area contributed by atoms with Crippen molar-refractivity contribution in [3.05, 3.63) is 115 Å². The van der Waals surface area contributed by atoms with Crippen LogP contribution in [0.2, 0.25) is 10.0 Å². The van der Waals surface area contributed by atoms with Gasteiger partial charge in [0.05, 0.1) is 10.0 Å². The second kappa shape index (κ2) is 10.7. The van der Waals surface area contributed by atoms with Crippen LogP contribution in [0.3, 0.4) is 0 Å². The summed E-state index contributed by atoms with van der Waals surface area (Å²) in [5.74, 6) is 0.398. The van der Waals surface area contributed by atoms with E-state index in [-0.39, 0.29) is 33.9 Å². The third kappa shape index (κ3) is 5.14. The number of aryl methyl sites for hydroxylation is 1. The molecule has 0 fully saturated rings. The van der Waals surface area contributed by atoms with Gasteiger partial charge < -0.3 is 10.4 Å². The number of aromatic hydroxyl groups is 1. The van der Waals surface area contributed by atoms with Crippen molar-refractivity contribution in [1.82, 2.24) is 25.1 Å². The van der Waals surface area contributed by atoms with E-state index in [0.29, 0.717) is 41.3 Å². The molecule has 2 aliphatic heterocycles. The lowest BCUT2D eigenvalue weighted by molar-refractivity contribution is 0.0951. The predicted molar refractivity (Wildman–Crippen MR) is 147 cm³/mol. The molecule has 10 heteroatoms. The van der Waals surface area contributed by atoms with Gasteiger partial charge in [0.1, 0.15) is 22.8 Å². The Hall–Kier alpha value is -4.14. The summed E-state index contributed by atoms with van der Waals surface area (Å²) < 4.78 is 1.56. The van der Waals surface area contributed by atoms with E-state index in [1.54, 1.807) is 22.9 Å². The average Bonchev–Trinajstić information content (AvgIpc) is 3.26. The summed E-state index contributed by atoms with van der Waals surface area (Å²) in [5.41, 5.74) is 2.92. The second-order valence-electron chi connectivity index (χ2n) is 8.73. The number of aromatic amines is 1. The number of phenolic OH excluding ortho intramolecular Hbond substituents is 1. The van der Waals surface area contributed by atoms with Crippen LogP contribution in [0.25, 0.3) is 17.1 Å². The molecular weight excluding hydrogens is 525 g/mol. The molecular formula is C28H23Cl2N5O3. The predicted octanol–water partition coefficient (Wildman–Crippen LogP) is 5.16. The first-order valence-electron chi connectivity index (χ1n) is 11.9. The Labute approximate surface area is 228 Å². The van der Waals surface area contributed by atoms with Crippen LogP contribution >= 0.6 is 23.2 Å². The summed E-state index contributed by atoms with van der Waals surface area (Å²) in [5, 5.41) is 16.2. The molecule has 8 nitrogen and oxygen atoms in total. The zero-order valence-corrected chi connectivity index (χ0v) is 21.8. The van der Waals surface area contributed by atoms with Crippen LogP contribution < -0.4 is 10.9 Å². The van der Waals surface area contributed by atoms with Gasteiger partial charge in [-0.1, -0.05) is 72.6 Å². The van der Waals surface area contributed by atoms with Crippen molar-refractivity contribution in [1.29, 1.82) is 0 Å². The molecule has 0 aromatic heterocycles. The highest BCUT2D eigenvalue weighted by Gasteiger charge is 2.26. The number of benzene rings is 3. The molecule has 0 radical (unpaired) electrons. The van der Waals surface area contributed by atoms with E-state index in [2.05, 4.69) is 20.4 Å². The number of halogens is 2. The molecule has 3 N–H and O–H groups in total. The van der Waals surface area contributed by atoms with Gasteiger partial charge in [0.2, 0.25) is 0 Å². The average molecular weight is 548 g/mol. The summed E-state index contributed by atoms with van der Waals surface area (Å²) in [6.07, 6.45) is 0.761. The maximum atomic E-state index is 13.0. The highest BCUT2D eigenvalue weighted by Crippen LogP contribution is 2.34. The molecule has 0 aliphatic carbocycles. The van der Waals surface area contributed by atoms with E-state index in [1.807, 2.05) is 43.3 Å². The number of hydrogen-bond acceptors (Lipinski definition) is 5. The Morgan fingerprint density at radius 2 is 1.71 bits per heavy atom. The number of nitrogens with one attached hydrogen (secondary N) is 2. The molecule has 0 atom stereocenters. The fraction of sp³-hybridized carbons (Fsp3) is 0.143. The topological polar surface area (TPSA) is 113 Å². The van der Waals surface area contributed by atoms with Crippen molar-refractivity contribution >= 4 is 29.1 Å². The minimum atomic E-state index is -0.429. The second-order valence-corrected chi connectivity index (χ2v) is 9.54. The van der Waals surface area contributed by atoms with E-state index in [9.17, 15) is 14.7 Å². The molecule has 1 amide bonds. The number of aromatic nitrogens is 4. The lowest BCUT2D eigenvalue weighted by Crippen LogP contribution is -2.23. The number of H-pyrrole nitrogens is 1. The van der Waals surface area contributed by atoms with E-state index in [0.717, 1.165) is 11.1 Å². The summed E-state index contributed by atoms with van der Waals surface area (Å²) in [4.78, 5) is 34.6. The van der Waals surface area contributed by atoms with E-state index >= 15 is 0 Å². The zero-order chi connectivity index (χ0) is 26.8. The van der Waals surface area contributed by atoms with Gasteiger partial charge in [-0.15, -0.1) is 0 Å². The SMILES string of the molecule is CCc1[nH]n(-c2c(Cl)cc(C(=O)NCc3ccccc3)cc2Cl)c2nc(Cc3cccc(O)c3)nc(=O)c1-2. The van der Waals surface area contributed by atoms with Gasteiger partial charge in [-0.3, -0.25) is 14.7 Å². The lowest BCUT2D eigenvalue weighted by atomic mass is 10.1. The molecule has 2 aliphatic rings. The van der Waals surface area contributed by atoms with E-state index < -0.39 is 5.56 Å². The molecule has 5 rings (SSSR count). The number of hydrogen-bond donors (Lipinski definition) is 3. The van der Waals surface area contributed by atoms with Crippen molar-refractivity contribution in [2.45, 2.75) is 26.3 Å². The number of carbonyl (C=O) groups excluding carboxylic acids is 1. The standard InChI is InChI=1S/C28H23Cl2N5O3/c1-2-22-24-26(32-23(33-28(24)38)12-17-9-6-10-19(36)11-17)35(34-22)25-20(29)13-18(14-21(25)30)27(37)31-15-16-7-4-3-5-8-16/h3-11,13-14,34,36H,2,12,15H2,1H3,(H,31,37). The van der Waals surface area contributed by atoms with Gasteiger partial charge in [-0.25, -0.2) is 9.67 Å². The summed E-state index contributed by atoms with van der Waals surface area (Å²) >= 11 is 13.3. The van der Waals surface area contributed by atoms with Crippen LogP contribution in [-0.2, 0) is 19.4 Å². The molecule has 38 heavy (non-hydrogen) atoms. The zero-order valence-electron chi connectivity index (χ0n) is 20.3. The largest absolute Gasteiger partial charge is 0.508 e. The minimum absolute atomic E-state index is 0.113.